The summed E-state index contributed by atoms with van der Waals surface area (Å²) < 4.78 is 15.0. The summed E-state index contributed by atoms with van der Waals surface area (Å²) in [5.41, 5.74) is 1.88. The molecule has 0 saturated heterocycles. The molecule has 7 heteroatoms. The molecule has 0 aliphatic rings. The molecule has 0 atom stereocenters. The monoisotopic (exact) mass is 374 g/mol. The number of unbranched alkanes of at least 4 members (excludes halogenated alkanes) is 1. The second kappa shape index (κ2) is 10.5. The fourth-order valence-electron chi connectivity index (χ4n) is 2.58. The minimum absolute atomic E-state index is 0.0758. The van der Waals surface area contributed by atoms with Gasteiger partial charge in [-0.15, -0.1) is 0 Å². The number of aromatic nitrogens is 1. The summed E-state index contributed by atoms with van der Waals surface area (Å²) in [6, 6.07) is 7.64. The number of esters is 1. The van der Waals surface area contributed by atoms with Gasteiger partial charge >= 0.3 is 5.97 Å². The molecule has 0 unspecified atom stereocenters. The first-order valence-electron chi connectivity index (χ1n) is 8.98. The highest BCUT2D eigenvalue weighted by atomic mass is 16.5. The molecule has 1 aromatic heterocycles. The van der Waals surface area contributed by atoms with E-state index in [9.17, 15) is 9.59 Å². The molecule has 146 valence electrons. The Morgan fingerprint density at radius 3 is 2.56 bits per heavy atom. The van der Waals surface area contributed by atoms with Crippen LogP contribution in [0.1, 0.15) is 52.1 Å². The van der Waals surface area contributed by atoms with Gasteiger partial charge in [-0.3, -0.25) is 4.79 Å². The fourth-order valence-corrected chi connectivity index (χ4v) is 2.58. The Morgan fingerprint density at radius 2 is 1.93 bits per heavy atom. The van der Waals surface area contributed by atoms with Gasteiger partial charge in [0, 0.05) is 19.2 Å². The smallest absolute Gasteiger partial charge is 0.360 e. The van der Waals surface area contributed by atoms with E-state index in [1.165, 1.54) is 18.9 Å². The normalized spacial score (nSPS) is 10.6. The van der Waals surface area contributed by atoms with Crippen molar-refractivity contribution < 1.29 is 23.5 Å². The lowest BCUT2D eigenvalue weighted by Gasteiger charge is -2.21. The number of ether oxygens (including phenoxy) is 2. The van der Waals surface area contributed by atoms with Gasteiger partial charge in [0.1, 0.15) is 6.26 Å². The Morgan fingerprint density at radius 1 is 1.19 bits per heavy atom. The number of aryl methyl sites for hydroxylation is 1. The number of amides is 1. The van der Waals surface area contributed by atoms with Crippen molar-refractivity contribution in [2.75, 3.05) is 27.4 Å². The first kappa shape index (κ1) is 20.6. The van der Waals surface area contributed by atoms with Crippen molar-refractivity contribution in [2.45, 2.75) is 32.7 Å². The molecule has 0 bridgehead atoms. The van der Waals surface area contributed by atoms with E-state index in [1.807, 2.05) is 24.3 Å². The number of oxazole rings is 1. The lowest BCUT2D eigenvalue weighted by molar-refractivity contribution is 0.0594. The van der Waals surface area contributed by atoms with Gasteiger partial charge in [-0.2, -0.15) is 0 Å². The molecule has 7 nitrogen and oxygen atoms in total. The zero-order chi connectivity index (χ0) is 19.6. The first-order valence-corrected chi connectivity index (χ1v) is 8.98. The van der Waals surface area contributed by atoms with Gasteiger partial charge in [-0.1, -0.05) is 25.5 Å². The van der Waals surface area contributed by atoms with Crippen molar-refractivity contribution in [3.63, 3.8) is 0 Å². The molecule has 0 saturated carbocycles. The molecular weight excluding hydrogens is 348 g/mol. The molecule has 1 amide bonds. The summed E-state index contributed by atoms with van der Waals surface area (Å²) in [5, 5.41) is 0. The Bertz CT molecular complexity index is 739. The molecule has 2 aromatic rings. The van der Waals surface area contributed by atoms with E-state index in [1.54, 1.807) is 12.0 Å². The molecule has 2 rings (SSSR count). The van der Waals surface area contributed by atoms with E-state index in [2.05, 4.69) is 16.6 Å². The number of rotatable bonds is 10. The predicted molar refractivity (Wildman–Crippen MR) is 99.5 cm³/mol. The summed E-state index contributed by atoms with van der Waals surface area (Å²) in [5.74, 6) is -0.464. The molecule has 0 fully saturated rings. The van der Waals surface area contributed by atoms with E-state index in [-0.39, 0.29) is 24.0 Å². The second-order valence-electron chi connectivity index (χ2n) is 6.14. The van der Waals surface area contributed by atoms with E-state index >= 15 is 0 Å². The maximum absolute atomic E-state index is 12.9. The van der Waals surface area contributed by atoms with Crippen LogP contribution in [0.3, 0.4) is 0 Å². The van der Waals surface area contributed by atoms with Crippen molar-refractivity contribution in [3.8, 4) is 0 Å². The van der Waals surface area contributed by atoms with Crippen LogP contribution in [-0.2, 0) is 22.4 Å². The number of benzene rings is 1. The van der Waals surface area contributed by atoms with Crippen LogP contribution in [0.15, 0.2) is 34.9 Å². The average molecular weight is 374 g/mol. The van der Waals surface area contributed by atoms with Crippen LogP contribution in [0.5, 0.6) is 0 Å². The van der Waals surface area contributed by atoms with Crippen LogP contribution in [0, 0.1) is 0 Å². The number of carbonyl (C=O) groups is 2. The van der Waals surface area contributed by atoms with Crippen LogP contribution < -0.4 is 0 Å². The Labute approximate surface area is 159 Å². The van der Waals surface area contributed by atoms with Crippen LogP contribution in [-0.4, -0.2) is 49.1 Å². The number of carbonyl (C=O) groups excluding carboxylic acids is 2. The highest BCUT2D eigenvalue weighted by Gasteiger charge is 2.20. The molecule has 0 N–H and O–H groups in total. The second-order valence-corrected chi connectivity index (χ2v) is 6.14. The highest BCUT2D eigenvalue weighted by molar-refractivity contribution is 5.94. The van der Waals surface area contributed by atoms with Crippen molar-refractivity contribution in [2.24, 2.45) is 0 Å². The SMILES string of the molecule is CCCCc1ccc(C(=O)N(CCOC)Cc2nc(C(=O)OC)co2)cc1. The topological polar surface area (TPSA) is 81.9 Å². The molecule has 0 spiro atoms. The highest BCUT2D eigenvalue weighted by Crippen LogP contribution is 2.13. The Kier molecular flexibility index (Phi) is 8.00. The Hall–Kier alpha value is -2.67. The Balaban J connectivity index is 2.11. The van der Waals surface area contributed by atoms with Gasteiger partial charge in [-0.05, 0) is 30.5 Å². The van der Waals surface area contributed by atoms with E-state index in [0.717, 1.165) is 19.3 Å². The van der Waals surface area contributed by atoms with E-state index in [4.69, 9.17) is 9.15 Å². The van der Waals surface area contributed by atoms with Crippen LogP contribution in [0.4, 0.5) is 0 Å². The lowest BCUT2D eigenvalue weighted by atomic mass is 10.1. The zero-order valence-electron chi connectivity index (χ0n) is 16.1. The van der Waals surface area contributed by atoms with Gasteiger partial charge in [-0.25, -0.2) is 9.78 Å². The molecule has 27 heavy (non-hydrogen) atoms. The average Bonchev–Trinajstić information content (AvgIpc) is 3.17. The summed E-state index contributed by atoms with van der Waals surface area (Å²) in [6.07, 6.45) is 4.49. The van der Waals surface area contributed by atoms with Crippen LogP contribution in [0.25, 0.3) is 0 Å². The molecule has 1 heterocycles. The van der Waals surface area contributed by atoms with Crippen LogP contribution in [0.2, 0.25) is 0 Å². The zero-order valence-corrected chi connectivity index (χ0v) is 16.1. The fraction of sp³-hybridized carbons (Fsp3) is 0.450. The number of methoxy groups -OCH3 is 2. The minimum Gasteiger partial charge on any atom is -0.464 e. The third-order valence-electron chi connectivity index (χ3n) is 4.14. The number of hydrogen-bond acceptors (Lipinski definition) is 6. The quantitative estimate of drug-likeness (QED) is 0.595. The summed E-state index contributed by atoms with van der Waals surface area (Å²) >= 11 is 0. The van der Waals surface area contributed by atoms with Gasteiger partial charge in [0.2, 0.25) is 5.89 Å². The van der Waals surface area contributed by atoms with Crippen molar-refractivity contribution >= 4 is 11.9 Å². The van der Waals surface area contributed by atoms with E-state index in [0.29, 0.717) is 18.7 Å². The minimum atomic E-state index is -0.581. The summed E-state index contributed by atoms with van der Waals surface area (Å²) in [7, 11) is 2.85. The standard InChI is InChI=1S/C20H26N2O5/c1-4-5-6-15-7-9-16(10-8-15)19(23)22(11-12-25-2)13-18-21-17(14-27-18)20(24)26-3/h7-10,14H,4-6,11-13H2,1-3H3. The van der Waals surface area contributed by atoms with Gasteiger partial charge in [0.15, 0.2) is 5.69 Å². The first-order chi connectivity index (χ1) is 13.1. The van der Waals surface area contributed by atoms with Crippen molar-refractivity contribution in [3.05, 3.63) is 53.2 Å². The lowest BCUT2D eigenvalue weighted by Crippen LogP contribution is -2.33. The van der Waals surface area contributed by atoms with E-state index < -0.39 is 5.97 Å². The summed E-state index contributed by atoms with van der Waals surface area (Å²) in [4.78, 5) is 30.0. The molecule has 0 aliphatic heterocycles. The van der Waals surface area contributed by atoms with Crippen molar-refractivity contribution in [1.29, 1.82) is 0 Å². The van der Waals surface area contributed by atoms with Gasteiger partial charge < -0.3 is 18.8 Å². The summed E-state index contributed by atoms with van der Waals surface area (Å²) in [6.45, 7) is 3.05. The molecule has 0 radical (unpaired) electrons. The van der Waals surface area contributed by atoms with Crippen LogP contribution >= 0.6 is 0 Å². The molecule has 0 aliphatic carbocycles. The number of hydrogen-bond donors (Lipinski definition) is 0. The van der Waals surface area contributed by atoms with Crippen molar-refractivity contribution in [1.82, 2.24) is 9.88 Å². The predicted octanol–water partition coefficient (Wildman–Crippen LogP) is 3.09. The largest absolute Gasteiger partial charge is 0.464 e. The maximum atomic E-state index is 12.9. The maximum Gasteiger partial charge on any atom is 0.360 e. The van der Waals surface area contributed by atoms with Gasteiger partial charge in [0.25, 0.3) is 5.91 Å². The van der Waals surface area contributed by atoms with Gasteiger partial charge in [0.05, 0.1) is 20.3 Å². The third kappa shape index (κ3) is 5.92. The third-order valence-corrected chi connectivity index (χ3v) is 4.14. The number of nitrogens with zero attached hydrogens (tertiary/aromatic N) is 2. The molecular formula is C20H26N2O5. The molecule has 1 aromatic carbocycles.